The molecule has 1 aliphatic heterocycles. The maximum Gasteiger partial charge on any atom is 0.243 e. The van der Waals surface area contributed by atoms with Crippen LogP contribution >= 0.6 is 0 Å². The summed E-state index contributed by atoms with van der Waals surface area (Å²) in [6, 6.07) is 0. The van der Waals surface area contributed by atoms with E-state index >= 15 is 0 Å². The number of nitrogens with zero attached hydrogens (tertiary/aromatic N) is 6. The number of nitrogens with one attached hydrogen (secondary N) is 1. The second-order valence-corrected chi connectivity index (χ2v) is 7.70. The second kappa shape index (κ2) is 6.23. The van der Waals surface area contributed by atoms with Gasteiger partial charge in [0.1, 0.15) is 18.2 Å². The van der Waals surface area contributed by atoms with E-state index in [-0.39, 0.29) is 18.3 Å². The molecule has 146 valence electrons. The Balaban J connectivity index is 1.92. The van der Waals surface area contributed by atoms with E-state index in [2.05, 4.69) is 39.2 Å². The first-order chi connectivity index (χ1) is 13.3. The van der Waals surface area contributed by atoms with Crippen molar-refractivity contribution < 1.29 is 9.90 Å². The lowest BCUT2D eigenvalue weighted by molar-refractivity contribution is -0.121. The largest absolute Gasteiger partial charge is 0.388 e. The van der Waals surface area contributed by atoms with E-state index in [1.807, 2.05) is 13.8 Å². The molecule has 3 aromatic rings. The third-order valence-electron chi connectivity index (χ3n) is 5.14. The van der Waals surface area contributed by atoms with Crippen LogP contribution in [0, 0.1) is 0 Å². The van der Waals surface area contributed by atoms with Gasteiger partial charge < -0.3 is 10.4 Å². The standard InChI is InChI=1S/C19H23N7O2/c1-10(2)12-7-22-25-8-11(6-21-16(12)25)26-17-14(19(3,4)18(26)28)15(20-5)23-13(9-27)24-17/h6-8,10,27H,9H2,1-5H3,(H,20,23,24). The predicted octanol–water partition coefficient (Wildman–Crippen LogP) is 2.13. The molecule has 2 N–H and O–H groups in total. The van der Waals surface area contributed by atoms with E-state index in [1.54, 1.807) is 30.2 Å². The van der Waals surface area contributed by atoms with Crippen LogP contribution in [-0.4, -0.2) is 42.6 Å². The molecule has 0 aromatic carbocycles. The highest BCUT2D eigenvalue weighted by molar-refractivity contribution is 6.12. The summed E-state index contributed by atoms with van der Waals surface area (Å²) in [5.41, 5.74) is 2.24. The number of hydrogen-bond acceptors (Lipinski definition) is 7. The Morgan fingerprint density at radius 3 is 2.64 bits per heavy atom. The number of aliphatic hydroxyl groups excluding tert-OH is 1. The lowest BCUT2D eigenvalue weighted by Gasteiger charge is -2.19. The number of aliphatic hydroxyl groups is 1. The van der Waals surface area contributed by atoms with Crippen LogP contribution in [0.3, 0.4) is 0 Å². The van der Waals surface area contributed by atoms with E-state index in [0.717, 1.165) is 11.2 Å². The number of aromatic nitrogens is 5. The van der Waals surface area contributed by atoms with Crippen LogP contribution < -0.4 is 10.2 Å². The van der Waals surface area contributed by atoms with E-state index in [1.165, 1.54) is 4.90 Å². The summed E-state index contributed by atoms with van der Waals surface area (Å²) in [7, 11) is 1.73. The fourth-order valence-corrected chi connectivity index (χ4v) is 3.61. The lowest BCUT2D eigenvalue weighted by atomic mass is 9.87. The Kier molecular flexibility index (Phi) is 4.07. The number of anilines is 3. The third-order valence-corrected chi connectivity index (χ3v) is 5.14. The first-order valence-corrected chi connectivity index (χ1v) is 9.17. The molecule has 0 aliphatic carbocycles. The van der Waals surface area contributed by atoms with Gasteiger partial charge in [0.25, 0.3) is 0 Å². The minimum Gasteiger partial charge on any atom is -0.388 e. The van der Waals surface area contributed by atoms with Crippen molar-refractivity contribution in [2.75, 3.05) is 17.3 Å². The molecule has 0 radical (unpaired) electrons. The number of carbonyl (C=O) groups is 1. The summed E-state index contributed by atoms with van der Waals surface area (Å²) in [5.74, 6) is 1.39. The minimum absolute atomic E-state index is 0.138. The molecule has 0 saturated heterocycles. The van der Waals surface area contributed by atoms with Gasteiger partial charge in [-0.2, -0.15) is 5.10 Å². The van der Waals surface area contributed by atoms with Crippen LogP contribution in [0.1, 0.15) is 50.6 Å². The number of rotatable bonds is 4. The molecule has 0 saturated carbocycles. The highest BCUT2D eigenvalue weighted by Gasteiger charge is 2.48. The summed E-state index contributed by atoms with van der Waals surface area (Å²) in [6.07, 6.45) is 5.23. The minimum atomic E-state index is -0.830. The van der Waals surface area contributed by atoms with Gasteiger partial charge in [0.15, 0.2) is 11.5 Å². The van der Waals surface area contributed by atoms with Crippen molar-refractivity contribution in [3.8, 4) is 0 Å². The van der Waals surface area contributed by atoms with Gasteiger partial charge >= 0.3 is 0 Å². The van der Waals surface area contributed by atoms with Gasteiger partial charge in [0, 0.05) is 12.6 Å². The van der Waals surface area contributed by atoms with Crippen molar-refractivity contribution in [2.24, 2.45) is 0 Å². The highest BCUT2D eigenvalue weighted by atomic mass is 16.3. The molecule has 9 heteroatoms. The number of carbonyl (C=O) groups excluding carboxylic acids is 1. The Labute approximate surface area is 162 Å². The van der Waals surface area contributed by atoms with E-state index < -0.39 is 5.41 Å². The van der Waals surface area contributed by atoms with E-state index in [4.69, 9.17) is 0 Å². The third kappa shape index (κ3) is 2.46. The van der Waals surface area contributed by atoms with Crippen molar-refractivity contribution in [1.29, 1.82) is 0 Å². The van der Waals surface area contributed by atoms with Crippen LogP contribution in [0.25, 0.3) is 5.65 Å². The van der Waals surface area contributed by atoms with Crippen LogP contribution in [0.15, 0.2) is 18.6 Å². The number of amides is 1. The van der Waals surface area contributed by atoms with Gasteiger partial charge in [-0.15, -0.1) is 0 Å². The number of hydrogen-bond donors (Lipinski definition) is 2. The normalized spacial score (nSPS) is 15.5. The van der Waals surface area contributed by atoms with Crippen molar-refractivity contribution in [3.63, 3.8) is 0 Å². The fourth-order valence-electron chi connectivity index (χ4n) is 3.61. The Morgan fingerprint density at radius 1 is 1.25 bits per heavy atom. The Bertz CT molecular complexity index is 1090. The first kappa shape index (κ1) is 18.3. The summed E-state index contributed by atoms with van der Waals surface area (Å²) in [6.45, 7) is 7.53. The average molecular weight is 381 g/mol. The van der Waals surface area contributed by atoms with Gasteiger partial charge in [-0.25, -0.2) is 19.5 Å². The smallest absolute Gasteiger partial charge is 0.243 e. The van der Waals surface area contributed by atoms with Gasteiger partial charge in [0.2, 0.25) is 5.91 Å². The summed E-state index contributed by atoms with van der Waals surface area (Å²) in [5, 5.41) is 17.0. The topological polar surface area (TPSA) is 109 Å². The highest BCUT2D eigenvalue weighted by Crippen LogP contribution is 2.46. The summed E-state index contributed by atoms with van der Waals surface area (Å²) >= 11 is 0. The lowest BCUT2D eigenvalue weighted by Crippen LogP contribution is -2.33. The molecular weight excluding hydrogens is 358 g/mol. The molecule has 0 fully saturated rings. The quantitative estimate of drug-likeness (QED) is 0.712. The van der Waals surface area contributed by atoms with Crippen molar-refractivity contribution in [3.05, 3.63) is 35.5 Å². The Morgan fingerprint density at radius 2 is 2.00 bits per heavy atom. The van der Waals surface area contributed by atoms with Gasteiger partial charge in [-0.05, 0) is 19.8 Å². The second-order valence-electron chi connectivity index (χ2n) is 7.70. The zero-order valence-corrected chi connectivity index (χ0v) is 16.6. The van der Waals surface area contributed by atoms with Gasteiger partial charge in [-0.1, -0.05) is 13.8 Å². The molecule has 4 rings (SSSR count). The fraction of sp³-hybridized carbons (Fsp3) is 0.421. The molecule has 1 amide bonds. The van der Waals surface area contributed by atoms with E-state index in [0.29, 0.717) is 28.8 Å². The maximum absolute atomic E-state index is 13.3. The van der Waals surface area contributed by atoms with Gasteiger partial charge in [-0.3, -0.25) is 9.69 Å². The molecule has 4 heterocycles. The molecule has 0 spiro atoms. The van der Waals surface area contributed by atoms with Crippen LogP contribution in [0.5, 0.6) is 0 Å². The molecule has 9 nitrogen and oxygen atoms in total. The summed E-state index contributed by atoms with van der Waals surface area (Å²) < 4.78 is 1.68. The van der Waals surface area contributed by atoms with Crippen LogP contribution in [0.2, 0.25) is 0 Å². The molecule has 0 atom stereocenters. The molecular formula is C19H23N7O2. The molecule has 3 aromatic heterocycles. The molecule has 1 aliphatic rings. The molecule has 0 unspecified atom stereocenters. The van der Waals surface area contributed by atoms with Crippen LogP contribution in [0.4, 0.5) is 17.3 Å². The predicted molar refractivity (Wildman–Crippen MR) is 105 cm³/mol. The van der Waals surface area contributed by atoms with Crippen molar-refractivity contribution in [2.45, 2.75) is 45.6 Å². The van der Waals surface area contributed by atoms with Crippen molar-refractivity contribution in [1.82, 2.24) is 24.6 Å². The Hall–Kier alpha value is -3.07. The van der Waals surface area contributed by atoms with Crippen molar-refractivity contribution >= 4 is 28.9 Å². The van der Waals surface area contributed by atoms with E-state index in [9.17, 15) is 9.90 Å². The average Bonchev–Trinajstić information content (AvgIpc) is 3.18. The van der Waals surface area contributed by atoms with Crippen LogP contribution in [-0.2, 0) is 16.8 Å². The zero-order chi connectivity index (χ0) is 20.2. The monoisotopic (exact) mass is 381 g/mol. The SMILES string of the molecule is CNc1nc(CO)nc2c1C(C)(C)C(=O)N2c1cnc2c(C(C)C)cnn2c1. The van der Waals surface area contributed by atoms with Gasteiger partial charge in [0.05, 0.1) is 35.3 Å². The summed E-state index contributed by atoms with van der Waals surface area (Å²) in [4.78, 5) is 28.2. The molecule has 28 heavy (non-hydrogen) atoms. The maximum atomic E-state index is 13.3. The first-order valence-electron chi connectivity index (χ1n) is 9.17. The zero-order valence-electron chi connectivity index (χ0n) is 16.6. The molecule has 0 bridgehead atoms. The number of fused-ring (bicyclic) bond motifs is 2.